The third-order valence-electron chi connectivity index (χ3n) is 4.24. The van der Waals surface area contributed by atoms with E-state index in [2.05, 4.69) is 25.1 Å². The summed E-state index contributed by atoms with van der Waals surface area (Å²) < 4.78 is 28.5. The van der Waals surface area contributed by atoms with Gasteiger partial charge in [0.15, 0.2) is 9.84 Å². The lowest BCUT2D eigenvalue weighted by Gasteiger charge is -2.17. The number of anilines is 3. The summed E-state index contributed by atoms with van der Waals surface area (Å²) >= 11 is 0. The molecule has 0 aliphatic rings. The number of hydrogen-bond donors (Lipinski definition) is 1. The monoisotopic (exact) mass is 423 g/mol. The van der Waals surface area contributed by atoms with Crippen molar-refractivity contribution in [3.05, 3.63) is 54.6 Å². The molecule has 30 heavy (non-hydrogen) atoms. The van der Waals surface area contributed by atoms with Crippen LogP contribution in [0.15, 0.2) is 64.0 Å². The maximum absolute atomic E-state index is 11.6. The molecule has 10 nitrogen and oxygen atoms in total. The lowest BCUT2D eigenvalue weighted by Crippen LogP contribution is -2.15. The first-order chi connectivity index (χ1) is 14.3. The van der Waals surface area contributed by atoms with Crippen LogP contribution in [0.3, 0.4) is 0 Å². The van der Waals surface area contributed by atoms with Crippen LogP contribution in [0.4, 0.5) is 17.6 Å². The Labute approximate surface area is 172 Å². The largest absolute Gasteiger partial charge is 0.368 e. The molecule has 0 bridgehead atoms. The minimum Gasteiger partial charge on any atom is -0.368 e. The highest BCUT2D eigenvalue weighted by molar-refractivity contribution is 7.90. The molecule has 2 aromatic heterocycles. The van der Waals surface area contributed by atoms with Crippen molar-refractivity contribution in [2.75, 3.05) is 23.9 Å². The molecule has 0 fully saturated rings. The second-order valence-electron chi connectivity index (χ2n) is 6.43. The molecule has 2 heterocycles. The minimum absolute atomic E-state index is 0.0154. The Balaban J connectivity index is 1.66. The summed E-state index contributed by atoms with van der Waals surface area (Å²) in [7, 11) is -1.49. The summed E-state index contributed by atoms with van der Waals surface area (Å²) in [5.41, 5.74) is 7.29. The molecular formula is C19H17N7O3S. The molecule has 4 aromatic rings. The van der Waals surface area contributed by atoms with E-state index in [1.54, 1.807) is 24.1 Å². The van der Waals surface area contributed by atoms with E-state index in [-0.39, 0.29) is 28.4 Å². The topological polar surface area (TPSA) is 141 Å². The van der Waals surface area contributed by atoms with Crippen LogP contribution in [0.5, 0.6) is 0 Å². The number of nitrogen functional groups attached to an aromatic ring is 1. The zero-order valence-electron chi connectivity index (χ0n) is 16.1. The van der Waals surface area contributed by atoms with Gasteiger partial charge in [-0.3, -0.25) is 0 Å². The Hall–Kier alpha value is -3.86. The van der Waals surface area contributed by atoms with Crippen molar-refractivity contribution in [3.8, 4) is 23.1 Å². The second-order valence-corrected chi connectivity index (χ2v) is 8.45. The van der Waals surface area contributed by atoms with Gasteiger partial charge in [0.1, 0.15) is 0 Å². The van der Waals surface area contributed by atoms with Crippen molar-refractivity contribution in [1.29, 1.82) is 0 Å². The summed E-state index contributed by atoms with van der Waals surface area (Å²) in [6.07, 6.45) is 1.14. The van der Waals surface area contributed by atoms with Crippen molar-refractivity contribution in [3.63, 3.8) is 0 Å². The van der Waals surface area contributed by atoms with Crippen LogP contribution >= 0.6 is 0 Å². The van der Waals surface area contributed by atoms with E-state index in [1.807, 2.05) is 30.3 Å². The second kappa shape index (κ2) is 7.52. The van der Waals surface area contributed by atoms with E-state index in [9.17, 15) is 8.42 Å². The molecule has 152 valence electrons. The van der Waals surface area contributed by atoms with Gasteiger partial charge in [-0.2, -0.15) is 19.9 Å². The van der Waals surface area contributed by atoms with Gasteiger partial charge in [-0.15, -0.1) is 0 Å². The highest BCUT2D eigenvalue weighted by Crippen LogP contribution is 2.25. The van der Waals surface area contributed by atoms with Crippen LogP contribution in [0.2, 0.25) is 0 Å². The zero-order chi connectivity index (χ0) is 21.3. The molecule has 0 amide bonds. The molecule has 0 saturated carbocycles. The highest BCUT2D eigenvalue weighted by Gasteiger charge is 2.18. The fraction of sp³-hybridized carbons (Fsp3) is 0.105. The van der Waals surface area contributed by atoms with Crippen LogP contribution in [0.25, 0.3) is 23.1 Å². The predicted octanol–water partition coefficient (Wildman–Crippen LogP) is 2.34. The fourth-order valence-electron chi connectivity index (χ4n) is 2.67. The van der Waals surface area contributed by atoms with Gasteiger partial charge in [0, 0.05) is 24.6 Å². The maximum atomic E-state index is 11.6. The number of nitrogens with zero attached hydrogens (tertiary/aromatic N) is 6. The molecule has 0 aliphatic carbocycles. The average molecular weight is 423 g/mol. The third-order valence-corrected chi connectivity index (χ3v) is 5.37. The molecule has 2 N–H and O–H groups in total. The van der Waals surface area contributed by atoms with E-state index in [0.29, 0.717) is 11.5 Å². The Morgan fingerprint density at radius 1 is 0.900 bits per heavy atom. The summed E-state index contributed by atoms with van der Waals surface area (Å²) in [5, 5.41) is 3.92. The van der Waals surface area contributed by atoms with E-state index < -0.39 is 9.84 Å². The zero-order valence-corrected chi connectivity index (χ0v) is 16.9. The number of rotatable bonds is 5. The van der Waals surface area contributed by atoms with Gasteiger partial charge in [-0.05, 0) is 36.4 Å². The van der Waals surface area contributed by atoms with Crippen molar-refractivity contribution in [1.82, 2.24) is 25.1 Å². The van der Waals surface area contributed by atoms with Crippen LogP contribution in [-0.4, -0.2) is 46.8 Å². The summed E-state index contributed by atoms with van der Waals surface area (Å²) in [4.78, 5) is 18.9. The summed E-state index contributed by atoms with van der Waals surface area (Å²) in [6.45, 7) is 0. The van der Waals surface area contributed by atoms with Gasteiger partial charge >= 0.3 is 0 Å². The smallest absolute Gasteiger partial charge is 0.258 e. The van der Waals surface area contributed by atoms with E-state index in [4.69, 9.17) is 10.3 Å². The Morgan fingerprint density at radius 2 is 1.60 bits per heavy atom. The standard InChI is InChI=1S/C19H17N7O3S/c1-26(13-6-4-3-5-7-13)19-23-15(22-18(20)24-19)16-21-17(29-25-16)12-8-10-14(11-9-12)30(2,27)28/h3-11H,1-2H3,(H2,20,22,23,24). The molecule has 0 aliphatic heterocycles. The van der Waals surface area contributed by atoms with Gasteiger partial charge in [-0.25, -0.2) is 8.42 Å². The number of aromatic nitrogens is 5. The highest BCUT2D eigenvalue weighted by atomic mass is 32.2. The summed E-state index contributed by atoms with van der Waals surface area (Å²) in [5.74, 6) is 0.827. The number of benzene rings is 2. The third kappa shape index (κ3) is 3.96. The molecule has 4 rings (SSSR count). The Kier molecular flexibility index (Phi) is 4.88. The van der Waals surface area contributed by atoms with Crippen LogP contribution in [0, 0.1) is 0 Å². The molecule has 0 saturated heterocycles. The first-order valence-electron chi connectivity index (χ1n) is 8.76. The Morgan fingerprint density at radius 3 is 2.27 bits per heavy atom. The van der Waals surface area contributed by atoms with Crippen molar-refractivity contribution in [2.24, 2.45) is 0 Å². The van der Waals surface area contributed by atoms with Gasteiger partial charge in [-0.1, -0.05) is 23.4 Å². The lowest BCUT2D eigenvalue weighted by molar-refractivity contribution is 0.432. The molecule has 0 unspecified atom stereocenters. The van der Waals surface area contributed by atoms with Crippen molar-refractivity contribution < 1.29 is 12.9 Å². The first kappa shape index (κ1) is 19.5. The van der Waals surface area contributed by atoms with Gasteiger partial charge < -0.3 is 15.2 Å². The molecule has 0 atom stereocenters. The Bertz CT molecular complexity index is 1290. The van der Waals surface area contributed by atoms with Crippen molar-refractivity contribution in [2.45, 2.75) is 4.90 Å². The van der Waals surface area contributed by atoms with E-state index >= 15 is 0 Å². The lowest BCUT2D eigenvalue weighted by atomic mass is 10.2. The first-order valence-corrected chi connectivity index (χ1v) is 10.7. The molecular weight excluding hydrogens is 406 g/mol. The van der Waals surface area contributed by atoms with Gasteiger partial charge in [0.2, 0.25) is 23.5 Å². The van der Waals surface area contributed by atoms with Crippen LogP contribution < -0.4 is 10.6 Å². The predicted molar refractivity (Wildman–Crippen MR) is 111 cm³/mol. The normalized spacial score (nSPS) is 11.4. The fourth-order valence-corrected chi connectivity index (χ4v) is 3.30. The molecule has 2 aromatic carbocycles. The molecule has 0 spiro atoms. The quantitative estimate of drug-likeness (QED) is 0.508. The summed E-state index contributed by atoms with van der Waals surface area (Å²) in [6, 6.07) is 15.7. The number of sulfone groups is 1. The van der Waals surface area contributed by atoms with Gasteiger partial charge in [0.25, 0.3) is 5.89 Å². The van der Waals surface area contributed by atoms with E-state index in [0.717, 1.165) is 11.9 Å². The number of hydrogen-bond acceptors (Lipinski definition) is 10. The average Bonchev–Trinajstić information content (AvgIpc) is 3.23. The van der Waals surface area contributed by atoms with E-state index in [1.165, 1.54) is 12.1 Å². The maximum Gasteiger partial charge on any atom is 0.258 e. The van der Waals surface area contributed by atoms with Crippen LogP contribution in [-0.2, 0) is 9.84 Å². The van der Waals surface area contributed by atoms with Crippen molar-refractivity contribution >= 4 is 27.4 Å². The number of para-hydroxylation sites is 1. The van der Waals surface area contributed by atoms with Gasteiger partial charge in [0.05, 0.1) is 4.90 Å². The SMILES string of the molecule is CN(c1ccccc1)c1nc(N)nc(-c2noc(-c3ccc(S(C)(=O)=O)cc3)n2)n1. The van der Waals surface area contributed by atoms with Crippen LogP contribution in [0.1, 0.15) is 0 Å². The molecule has 11 heteroatoms. The number of nitrogens with two attached hydrogens (primary N) is 1. The minimum atomic E-state index is -3.29. The molecule has 0 radical (unpaired) electrons.